The van der Waals surface area contributed by atoms with Crippen molar-refractivity contribution >= 4 is 0 Å². The van der Waals surface area contributed by atoms with E-state index in [1.165, 1.54) is 0 Å². The van der Waals surface area contributed by atoms with Crippen molar-refractivity contribution in [2.75, 3.05) is 6.61 Å². The standard InChI is InChI=1S/C22H24N2O2/c1-2-25-21-13-8-11-18(15-19(23)20-12-6-7-14-24-20)22(21)26-16-17-9-4-3-5-10-17/h3-14,19H,2,15-16,23H2,1H3. The summed E-state index contributed by atoms with van der Waals surface area (Å²) >= 11 is 0. The number of nitrogens with zero attached hydrogens (tertiary/aromatic N) is 1. The highest BCUT2D eigenvalue weighted by Crippen LogP contribution is 2.34. The van der Waals surface area contributed by atoms with Gasteiger partial charge in [-0.1, -0.05) is 48.5 Å². The molecule has 2 aromatic carbocycles. The molecule has 0 saturated carbocycles. The minimum absolute atomic E-state index is 0.202. The Morgan fingerprint density at radius 3 is 2.46 bits per heavy atom. The average molecular weight is 348 g/mol. The van der Waals surface area contributed by atoms with Crippen LogP contribution in [0.15, 0.2) is 72.9 Å². The maximum atomic E-state index is 6.37. The fourth-order valence-electron chi connectivity index (χ4n) is 2.82. The van der Waals surface area contributed by atoms with Crippen LogP contribution in [0.4, 0.5) is 0 Å². The van der Waals surface area contributed by atoms with Gasteiger partial charge < -0.3 is 15.2 Å². The lowest BCUT2D eigenvalue weighted by molar-refractivity contribution is 0.266. The van der Waals surface area contributed by atoms with Crippen molar-refractivity contribution in [1.82, 2.24) is 4.98 Å². The van der Waals surface area contributed by atoms with Crippen LogP contribution in [0, 0.1) is 0 Å². The number of aromatic nitrogens is 1. The molecule has 0 aliphatic rings. The van der Waals surface area contributed by atoms with E-state index in [9.17, 15) is 0 Å². The third-order valence-corrected chi connectivity index (χ3v) is 4.09. The summed E-state index contributed by atoms with van der Waals surface area (Å²) in [4.78, 5) is 4.36. The lowest BCUT2D eigenvalue weighted by atomic mass is 10.0. The van der Waals surface area contributed by atoms with Gasteiger partial charge in [-0.2, -0.15) is 0 Å². The van der Waals surface area contributed by atoms with Crippen molar-refractivity contribution in [3.8, 4) is 11.5 Å². The van der Waals surface area contributed by atoms with Gasteiger partial charge in [0.2, 0.25) is 0 Å². The molecule has 134 valence electrons. The third kappa shape index (κ3) is 4.61. The van der Waals surface area contributed by atoms with Gasteiger partial charge in [-0.05, 0) is 42.7 Å². The van der Waals surface area contributed by atoms with E-state index in [1.54, 1.807) is 6.20 Å². The predicted molar refractivity (Wildman–Crippen MR) is 103 cm³/mol. The quantitative estimate of drug-likeness (QED) is 0.659. The molecule has 0 saturated heterocycles. The van der Waals surface area contributed by atoms with E-state index in [1.807, 2.05) is 73.7 Å². The number of hydrogen-bond donors (Lipinski definition) is 1. The first kappa shape index (κ1) is 18.0. The molecule has 3 aromatic rings. The minimum Gasteiger partial charge on any atom is -0.490 e. The molecule has 0 bridgehead atoms. The first-order chi connectivity index (χ1) is 12.8. The Kier molecular flexibility index (Phi) is 6.23. The second-order valence-electron chi connectivity index (χ2n) is 6.02. The summed E-state index contributed by atoms with van der Waals surface area (Å²) in [5, 5.41) is 0. The van der Waals surface area contributed by atoms with Crippen LogP contribution in [-0.4, -0.2) is 11.6 Å². The van der Waals surface area contributed by atoms with Crippen LogP contribution >= 0.6 is 0 Å². The van der Waals surface area contributed by atoms with Gasteiger partial charge in [0, 0.05) is 6.20 Å². The van der Waals surface area contributed by atoms with Gasteiger partial charge in [-0.3, -0.25) is 4.98 Å². The summed E-state index contributed by atoms with van der Waals surface area (Å²) in [5.74, 6) is 1.50. The maximum Gasteiger partial charge on any atom is 0.164 e. The Morgan fingerprint density at radius 1 is 0.923 bits per heavy atom. The van der Waals surface area contributed by atoms with Crippen molar-refractivity contribution in [3.63, 3.8) is 0 Å². The number of hydrogen-bond acceptors (Lipinski definition) is 4. The van der Waals surface area contributed by atoms with Crippen LogP contribution in [0.2, 0.25) is 0 Å². The molecule has 1 atom stereocenters. The monoisotopic (exact) mass is 348 g/mol. The van der Waals surface area contributed by atoms with Gasteiger partial charge in [0.1, 0.15) is 6.61 Å². The number of para-hydroxylation sites is 1. The molecule has 1 unspecified atom stereocenters. The van der Waals surface area contributed by atoms with Crippen molar-refractivity contribution in [1.29, 1.82) is 0 Å². The Balaban J connectivity index is 1.82. The minimum atomic E-state index is -0.202. The Labute approximate surface area is 154 Å². The molecule has 26 heavy (non-hydrogen) atoms. The number of ether oxygens (including phenoxy) is 2. The summed E-state index contributed by atoms with van der Waals surface area (Å²) in [5.41, 5.74) is 9.36. The summed E-state index contributed by atoms with van der Waals surface area (Å²) in [6.45, 7) is 3.03. The van der Waals surface area contributed by atoms with Crippen LogP contribution < -0.4 is 15.2 Å². The molecule has 0 aliphatic carbocycles. The highest BCUT2D eigenvalue weighted by molar-refractivity contribution is 5.47. The average Bonchev–Trinajstić information content (AvgIpc) is 2.69. The molecule has 0 aliphatic heterocycles. The predicted octanol–water partition coefficient (Wildman–Crippen LogP) is 4.30. The van der Waals surface area contributed by atoms with Gasteiger partial charge in [-0.25, -0.2) is 0 Å². The van der Waals surface area contributed by atoms with E-state index < -0.39 is 0 Å². The topological polar surface area (TPSA) is 57.4 Å². The number of benzene rings is 2. The van der Waals surface area contributed by atoms with Gasteiger partial charge in [-0.15, -0.1) is 0 Å². The molecule has 1 heterocycles. The molecule has 0 amide bonds. The molecule has 2 N–H and O–H groups in total. The smallest absolute Gasteiger partial charge is 0.164 e. The normalized spacial score (nSPS) is 11.8. The molecule has 1 aromatic heterocycles. The zero-order chi connectivity index (χ0) is 18.2. The van der Waals surface area contributed by atoms with Gasteiger partial charge >= 0.3 is 0 Å². The summed E-state index contributed by atoms with van der Waals surface area (Å²) in [6, 6.07) is 21.6. The van der Waals surface area contributed by atoms with Gasteiger partial charge in [0.15, 0.2) is 11.5 Å². The largest absolute Gasteiger partial charge is 0.490 e. The van der Waals surface area contributed by atoms with E-state index in [0.29, 0.717) is 19.6 Å². The van der Waals surface area contributed by atoms with Crippen molar-refractivity contribution < 1.29 is 9.47 Å². The second-order valence-corrected chi connectivity index (χ2v) is 6.02. The van der Waals surface area contributed by atoms with E-state index in [4.69, 9.17) is 15.2 Å². The van der Waals surface area contributed by atoms with Gasteiger partial charge in [0.05, 0.1) is 18.3 Å². The van der Waals surface area contributed by atoms with Crippen molar-refractivity contribution in [2.45, 2.75) is 26.0 Å². The Morgan fingerprint density at radius 2 is 1.73 bits per heavy atom. The second kappa shape index (κ2) is 9.02. The number of nitrogens with two attached hydrogens (primary N) is 1. The van der Waals surface area contributed by atoms with E-state index >= 15 is 0 Å². The molecular weight excluding hydrogens is 324 g/mol. The van der Waals surface area contributed by atoms with Crippen molar-refractivity contribution in [2.24, 2.45) is 5.73 Å². The molecule has 0 radical (unpaired) electrons. The first-order valence-electron chi connectivity index (χ1n) is 8.86. The summed E-state index contributed by atoms with van der Waals surface area (Å²) in [7, 11) is 0. The summed E-state index contributed by atoms with van der Waals surface area (Å²) in [6.07, 6.45) is 2.39. The fraction of sp³-hybridized carbons (Fsp3) is 0.227. The van der Waals surface area contributed by atoms with Crippen LogP contribution in [-0.2, 0) is 13.0 Å². The molecule has 0 fully saturated rings. The molecule has 4 heteroatoms. The van der Waals surface area contributed by atoms with Crippen LogP contribution in [0.3, 0.4) is 0 Å². The molecule has 3 rings (SSSR count). The Bertz CT molecular complexity index is 807. The zero-order valence-corrected chi connectivity index (χ0v) is 15.0. The fourth-order valence-corrected chi connectivity index (χ4v) is 2.82. The molecule has 4 nitrogen and oxygen atoms in total. The lowest BCUT2D eigenvalue weighted by Gasteiger charge is -2.18. The van der Waals surface area contributed by atoms with Crippen molar-refractivity contribution in [3.05, 3.63) is 89.7 Å². The van der Waals surface area contributed by atoms with E-state index in [-0.39, 0.29) is 6.04 Å². The Hall–Kier alpha value is -2.85. The van der Waals surface area contributed by atoms with Crippen LogP contribution in [0.25, 0.3) is 0 Å². The highest BCUT2D eigenvalue weighted by Gasteiger charge is 2.16. The maximum absolute atomic E-state index is 6.37. The van der Waals surface area contributed by atoms with Gasteiger partial charge in [0.25, 0.3) is 0 Å². The number of pyridine rings is 1. The molecule has 0 spiro atoms. The van der Waals surface area contributed by atoms with E-state index in [2.05, 4.69) is 4.98 Å². The first-order valence-corrected chi connectivity index (χ1v) is 8.86. The van der Waals surface area contributed by atoms with E-state index in [0.717, 1.165) is 28.3 Å². The third-order valence-electron chi connectivity index (χ3n) is 4.09. The van der Waals surface area contributed by atoms with Crippen LogP contribution in [0.1, 0.15) is 29.8 Å². The molecular formula is C22H24N2O2. The number of rotatable bonds is 8. The zero-order valence-electron chi connectivity index (χ0n) is 15.0. The highest BCUT2D eigenvalue weighted by atomic mass is 16.5. The van der Waals surface area contributed by atoms with Crippen LogP contribution in [0.5, 0.6) is 11.5 Å². The SMILES string of the molecule is CCOc1cccc(CC(N)c2ccccn2)c1OCc1ccccc1. The lowest BCUT2D eigenvalue weighted by Crippen LogP contribution is -2.15. The summed E-state index contributed by atoms with van der Waals surface area (Å²) < 4.78 is 11.9.